The second-order valence-corrected chi connectivity index (χ2v) is 5.68. The van der Waals surface area contributed by atoms with Crippen LogP contribution in [0.1, 0.15) is 19.8 Å². The van der Waals surface area contributed by atoms with Gasteiger partial charge >= 0.3 is 0 Å². The molecule has 0 aliphatic carbocycles. The maximum absolute atomic E-state index is 12.2. The van der Waals surface area contributed by atoms with Crippen molar-refractivity contribution in [2.45, 2.75) is 19.8 Å². The summed E-state index contributed by atoms with van der Waals surface area (Å²) >= 11 is 0. The Hall–Kier alpha value is -0.650. The lowest BCUT2D eigenvalue weighted by atomic mass is 9.84. The highest BCUT2D eigenvalue weighted by molar-refractivity contribution is 5.78. The van der Waals surface area contributed by atoms with Gasteiger partial charge in [-0.15, -0.1) is 0 Å². The minimum absolute atomic E-state index is 0.254. The Morgan fingerprint density at radius 3 is 2.63 bits per heavy atom. The molecule has 5 nitrogen and oxygen atoms in total. The van der Waals surface area contributed by atoms with Gasteiger partial charge in [-0.05, 0) is 31.3 Å². The minimum Gasteiger partial charge on any atom is -0.378 e. The van der Waals surface area contributed by atoms with E-state index in [1.807, 2.05) is 4.90 Å². The van der Waals surface area contributed by atoms with Crippen molar-refractivity contribution in [1.29, 1.82) is 0 Å². The number of hydrogen-bond acceptors (Lipinski definition) is 4. The van der Waals surface area contributed by atoms with E-state index in [0.29, 0.717) is 31.6 Å². The number of piperidine rings is 1. The molecule has 2 rings (SSSR count). The highest BCUT2D eigenvalue weighted by Gasteiger charge is 2.29. The van der Waals surface area contributed by atoms with Crippen LogP contribution in [0.15, 0.2) is 0 Å². The summed E-state index contributed by atoms with van der Waals surface area (Å²) in [6, 6.07) is 0. The summed E-state index contributed by atoms with van der Waals surface area (Å²) in [4.78, 5) is 16.5. The van der Waals surface area contributed by atoms with E-state index >= 15 is 0 Å². The molecule has 0 aromatic heterocycles. The molecule has 2 aliphatic rings. The number of nitrogens with two attached hydrogens (primary N) is 1. The van der Waals surface area contributed by atoms with Gasteiger partial charge in [0.05, 0.1) is 19.8 Å². The Kier molecular flexibility index (Phi) is 5.60. The van der Waals surface area contributed by atoms with Crippen LogP contribution in [0.4, 0.5) is 0 Å². The lowest BCUT2D eigenvalue weighted by Gasteiger charge is -2.38. The van der Waals surface area contributed by atoms with Crippen molar-refractivity contribution in [2.24, 2.45) is 17.6 Å². The molecule has 0 radical (unpaired) electrons. The molecule has 0 aromatic carbocycles. The minimum atomic E-state index is 0.254. The normalized spacial score (nSPS) is 29.5. The molecule has 0 bridgehead atoms. The molecule has 2 saturated heterocycles. The summed E-state index contributed by atoms with van der Waals surface area (Å²) < 4.78 is 5.28. The molecule has 2 unspecified atom stereocenters. The lowest BCUT2D eigenvalue weighted by molar-refractivity contribution is -0.137. The molecular formula is C14H27N3O2. The Labute approximate surface area is 116 Å². The summed E-state index contributed by atoms with van der Waals surface area (Å²) in [6.07, 6.45) is 2.29. The highest BCUT2D eigenvalue weighted by Crippen LogP contribution is 2.25. The summed E-state index contributed by atoms with van der Waals surface area (Å²) in [5.74, 6) is 1.54. The van der Waals surface area contributed by atoms with Gasteiger partial charge in [-0.25, -0.2) is 0 Å². The lowest BCUT2D eigenvalue weighted by Crippen LogP contribution is -2.49. The van der Waals surface area contributed by atoms with Gasteiger partial charge in [-0.3, -0.25) is 9.69 Å². The number of amides is 1. The first-order valence-electron chi connectivity index (χ1n) is 7.52. The van der Waals surface area contributed by atoms with Gasteiger partial charge in [0.2, 0.25) is 5.91 Å². The fraction of sp³-hybridized carbons (Fsp3) is 0.929. The van der Waals surface area contributed by atoms with Crippen LogP contribution in [0.5, 0.6) is 0 Å². The predicted molar refractivity (Wildman–Crippen MR) is 74.8 cm³/mol. The Morgan fingerprint density at radius 1 is 1.26 bits per heavy atom. The molecule has 2 aliphatic heterocycles. The molecule has 0 spiro atoms. The van der Waals surface area contributed by atoms with Crippen molar-refractivity contribution in [3.8, 4) is 0 Å². The van der Waals surface area contributed by atoms with Crippen molar-refractivity contribution in [3.05, 3.63) is 0 Å². The molecule has 2 fully saturated rings. The summed E-state index contributed by atoms with van der Waals surface area (Å²) in [7, 11) is 0. The van der Waals surface area contributed by atoms with Crippen LogP contribution < -0.4 is 5.73 Å². The Balaban J connectivity index is 1.80. The number of hydrogen-bond donors (Lipinski definition) is 1. The first-order chi connectivity index (χ1) is 9.24. The number of ether oxygens (including phenoxy) is 1. The average Bonchev–Trinajstić information content (AvgIpc) is 2.48. The van der Waals surface area contributed by atoms with E-state index in [2.05, 4.69) is 11.8 Å². The Morgan fingerprint density at radius 2 is 2.00 bits per heavy atom. The monoisotopic (exact) mass is 269 g/mol. The molecule has 2 N–H and O–H groups in total. The largest absolute Gasteiger partial charge is 0.378 e. The maximum atomic E-state index is 12.2. The van der Waals surface area contributed by atoms with Crippen molar-refractivity contribution in [2.75, 3.05) is 52.5 Å². The van der Waals surface area contributed by atoms with Crippen molar-refractivity contribution >= 4 is 5.91 Å². The number of morpholine rings is 1. The number of carbonyl (C=O) groups excluding carboxylic acids is 1. The first-order valence-corrected chi connectivity index (χ1v) is 7.52. The average molecular weight is 269 g/mol. The quantitative estimate of drug-likeness (QED) is 0.789. The van der Waals surface area contributed by atoms with E-state index in [-0.39, 0.29) is 5.91 Å². The smallest absolute Gasteiger partial charge is 0.236 e. The fourth-order valence-corrected chi connectivity index (χ4v) is 3.18. The highest BCUT2D eigenvalue weighted by atomic mass is 16.5. The van der Waals surface area contributed by atoms with Crippen molar-refractivity contribution < 1.29 is 9.53 Å². The topological polar surface area (TPSA) is 58.8 Å². The molecule has 19 heavy (non-hydrogen) atoms. The fourth-order valence-electron chi connectivity index (χ4n) is 3.18. The SMILES string of the molecule is CCC1CN(CC(=O)N2CCOCC2)CCC1CN. The van der Waals surface area contributed by atoms with Gasteiger partial charge in [-0.1, -0.05) is 13.3 Å². The molecule has 2 heterocycles. The third-order valence-corrected chi connectivity index (χ3v) is 4.53. The standard InChI is InChI=1S/C14H27N3O2/c1-2-12-10-16(4-3-13(12)9-15)11-14(18)17-5-7-19-8-6-17/h12-13H,2-11,15H2,1H3. The van der Waals surface area contributed by atoms with E-state index in [1.54, 1.807) is 0 Å². The van der Waals surface area contributed by atoms with Crippen LogP contribution in [0, 0.1) is 11.8 Å². The molecule has 0 saturated carbocycles. The van der Waals surface area contributed by atoms with Gasteiger partial charge in [-0.2, -0.15) is 0 Å². The van der Waals surface area contributed by atoms with Crippen LogP contribution in [-0.2, 0) is 9.53 Å². The zero-order valence-electron chi connectivity index (χ0n) is 12.0. The number of carbonyl (C=O) groups is 1. The van der Waals surface area contributed by atoms with Gasteiger partial charge in [0.25, 0.3) is 0 Å². The zero-order chi connectivity index (χ0) is 13.7. The first kappa shape index (κ1) is 14.8. The van der Waals surface area contributed by atoms with Gasteiger partial charge in [0.15, 0.2) is 0 Å². The summed E-state index contributed by atoms with van der Waals surface area (Å²) in [6.45, 7) is 8.45. The third kappa shape index (κ3) is 3.91. The number of likely N-dealkylation sites (tertiary alicyclic amines) is 1. The number of rotatable bonds is 4. The number of nitrogens with zero attached hydrogens (tertiary/aromatic N) is 2. The molecule has 2 atom stereocenters. The van der Waals surface area contributed by atoms with Gasteiger partial charge in [0, 0.05) is 19.6 Å². The van der Waals surface area contributed by atoms with Crippen LogP contribution in [0.25, 0.3) is 0 Å². The van der Waals surface area contributed by atoms with Crippen LogP contribution >= 0.6 is 0 Å². The van der Waals surface area contributed by atoms with Crippen LogP contribution in [-0.4, -0.2) is 68.2 Å². The van der Waals surface area contributed by atoms with Gasteiger partial charge < -0.3 is 15.4 Å². The zero-order valence-corrected chi connectivity index (χ0v) is 12.0. The van der Waals surface area contributed by atoms with Gasteiger partial charge in [0.1, 0.15) is 0 Å². The second kappa shape index (κ2) is 7.22. The molecule has 1 amide bonds. The molecular weight excluding hydrogens is 242 g/mol. The van der Waals surface area contributed by atoms with E-state index in [1.165, 1.54) is 0 Å². The van der Waals surface area contributed by atoms with E-state index in [4.69, 9.17) is 10.5 Å². The van der Waals surface area contributed by atoms with E-state index < -0.39 is 0 Å². The second-order valence-electron chi connectivity index (χ2n) is 5.68. The predicted octanol–water partition coefficient (Wildman–Crippen LogP) is 0.152. The van der Waals surface area contributed by atoms with Crippen molar-refractivity contribution in [3.63, 3.8) is 0 Å². The maximum Gasteiger partial charge on any atom is 0.236 e. The Bertz CT molecular complexity index is 292. The molecule has 5 heteroatoms. The molecule has 110 valence electrons. The van der Waals surface area contributed by atoms with E-state index in [9.17, 15) is 4.79 Å². The summed E-state index contributed by atoms with van der Waals surface area (Å²) in [5, 5.41) is 0. The molecule has 0 aromatic rings. The van der Waals surface area contributed by atoms with Crippen molar-refractivity contribution in [1.82, 2.24) is 9.80 Å². The van der Waals surface area contributed by atoms with E-state index in [0.717, 1.165) is 45.6 Å². The van der Waals surface area contributed by atoms with Crippen LogP contribution in [0.2, 0.25) is 0 Å². The van der Waals surface area contributed by atoms with Crippen LogP contribution in [0.3, 0.4) is 0 Å². The summed E-state index contributed by atoms with van der Waals surface area (Å²) in [5.41, 5.74) is 5.83. The third-order valence-electron chi connectivity index (χ3n) is 4.53.